The van der Waals surface area contributed by atoms with Crippen LogP contribution in [0.3, 0.4) is 0 Å². The van der Waals surface area contributed by atoms with Crippen LogP contribution in [0.25, 0.3) is 0 Å². The molecule has 114 valence electrons. The Morgan fingerprint density at radius 3 is 2.95 bits per heavy atom. The van der Waals surface area contributed by atoms with Crippen LogP contribution < -0.4 is 0 Å². The lowest BCUT2D eigenvalue weighted by Crippen LogP contribution is -2.21. The fourth-order valence-corrected chi connectivity index (χ4v) is 3.04. The van der Waals surface area contributed by atoms with E-state index >= 15 is 0 Å². The number of β-amino-alcohol motifs (C(OH)–C–C–N with tert-alkyl or cyclic N) is 1. The number of hydrogen-bond donors (Lipinski definition) is 2. The Hall–Kier alpha value is -1.66. The van der Waals surface area contributed by atoms with E-state index in [1.165, 1.54) is 5.56 Å². The van der Waals surface area contributed by atoms with Gasteiger partial charge < -0.3 is 5.11 Å². The number of aromatic nitrogens is 4. The molecule has 6 heteroatoms. The Balaban J connectivity index is 1.57. The van der Waals surface area contributed by atoms with Crippen molar-refractivity contribution in [3.05, 3.63) is 35.4 Å². The van der Waals surface area contributed by atoms with Crippen LogP contribution in [0.5, 0.6) is 0 Å². The summed E-state index contributed by atoms with van der Waals surface area (Å²) in [4.78, 5) is 2.30. The molecular weight excluding hydrogens is 266 g/mol. The fourth-order valence-electron chi connectivity index (χ4n) is 3.04. The highest BCUT2D eigenvalue weighted by Gasteiger charge is 2.31. The van der Waals surface area contributed by atoms with Crippen molar-refractivity contribution in [3.8, 4) is 0 Å². The minimum absolute atomic E-state index is 0.258. The van der Waals surface area contributed by atoms with Crippen molar-refractivity contribution < 1.29 is 5.11 Å². The third-order valence-corrected chi connectivity index (χ3v) is 4.13. The molecule has 0 amide bonds. The summed E-state index contributed by atoms with van der Waals surface area (Å²) in [6.07, 6.45) is 4.55. The van der Waals surface area contributed by atoms with Gasteiger partial charge in [0.15, 0.2) is 0 Å². The molecular formula is C15H23N5O. The molecule has 1 aliphatic rings. The van der Waals surface area contributed by atoms with Crippen LogP contribution in [-0.4, -0.2) is 49.2 Å². The number of rotatable bonds is 5. The van der Waals surface area contributed by atoms with Gasteiger partial charge in [-0.3, -0.25) is 14.7 Å². The normalized spacial score (nSPS) is 23.0. The predicted molar refractivity (Wildman–Crippen MR) is 79.7 cm³/mol. The lowest BCUT2D eigenvalue weighted by Gasteiger charge is -2.13. The van der Waals surface area contributed by atoms with Crippen molar-refractivity contribution in [1.29, 1.82) is 0 Å². The van der Waals surface area contributed by atoms with E-state index in [2.05, 4.69) is 39.4 Å². The van der Waals surface area contributed by atoms with Gasteiger partial charge in [0, 0.05) is 49.6 Å². The summed E-state index contributed by atoms with van der Waals surface area (Å²) in [7, 11) is 0. The van der Waals surface area contributed by atoms with E-state index < -0.39 is 0 Å². The van der Waals surface area contributed by atoms with Crippen molar-refractivity contribution in [3.63, 3.8) is 0 Å². The number of aromatic amines is 1. The van der Waals surface area contributed by atoms with E-state index in [1.807, 2.05) is 17.8 Å². The maximum absolute atomic E-state index is 10.3. The third kappa shape index (κ3) is 3.33. The Bertz CT molecular complexity index is 590. The van der Waals surface area contributed by atoms with Crippen LogP contribution in [0.4, 0.5) is 0 Å². The molecule has 0 aliphatic carbocycles. The van der Waals surface area contributed by atoms with Gasteiger partial charge in [-0.15, -0.1) is 0 Å². The first-order valence-electron chi connectivity index (χ1n) is 7.56. The standard InChI is InChI=1S/C15H23N5O/c1-3-20-8-12(6-16-20)7-19-9-13(15(21)10-19)5-14-4-11(2)17-18-14/h4,6,8,13,15,21H,3,5,7,9-10H2,1-2H3,(H,17,18)/t13-,15-/m1/s1. The average molecular weight is 289 g/mol. The molecule has 2 N–H and O–H groups in total. The zero-order valence-electron chi connectivity index (χ0n) is 12.7. The second kappa shape index (κ2) is 5.99. The third-order valence-electron chi connectivity index (χ3n) is 4.13. The second-order valence-corrected chi connectivity index (χ2v) is 5.97. The monoisotopic (exact) mass is 289 g/mol. The van der Waals surface area contributed by atoms with Gasteiger partial charge in [0.2, 0.25) is 0 Å². The van der Waals surface area contributed by atoms with E-state index in [4.69, 9.17) is 0 Å². The number of aliphatic hydroxyl groups is 1. The molecule has 3 rings (SSSR count). The van der Waals surface area contributed by atoms with Crippen LogP contribution in [0.1, 0.15) is 23.9 Å². The highest BCUT2D eigenvalue weighted by Crippen LogP contribution is 2.22. The first-order chi connectivity index (χ1) is 10.1. The molecule has 0 spiro atoms. The van der Waals surface area contributed by atoms with Gasteiger partial charge in [0.25, 0.3) is 0 Å². The summed E-state index contributed by atoms with van der Waals surface area (Å²) in [6.45, 7) is 7.46. The van der Waals surface area contributed by atoms with Crippen molar-refractivity contribution in [2.45, 2.75) is 39.5 Å². The Labute approximate surface area is 124 Å². The van der Waals surface area contributed by atoms with Crippen molar-refractivity contribution in [1.82, 2.24) is 24.9 Å². The molecule has 6 nitrogen and oxygen atoms in total. The molecule has 0 saturated carbocycles. The van der Waals surface area contributed by atoms with E-state index in [0.29, 0.717) is 0 Å². The maximum atomic E-state index is 10.3. The largest absolute Gasteiger partial charge is 0.391 e. The molecule has 3 heterocycles. The number of H-pyrrole nitrogens is 1. The molecule has 0 aromatic carbocycles. The molecule has 2 atom stereocenters. The minimum atomic E-state index is -0.275. The van der Waals surface area contributed by atoms with E-state index in [1.54, 1.807) is 0 Å². The van der Waals surface area contributed by atoms with Gasteiger partial charge in [0.1, 0.15) is 0 Å². The SMILES string of the molecule is CCn1cc(CN2C[C@@H](Cc3cc(C)[nH]n3)[C@H](O)C2)cn1. The predicted octanol–water partition coefficient (Wildman–Crippen LogP) is 0.970. The second-order valence-electron chi connectivity index (χ2n) is 5.97. The Morgan fingerprint density at radius 1 is 1.43 bits per heavy atom. The number of nitrogens with zero attached hydrogens (tertiary/aromatic N) is 4. The van der Waals surface area contributed by atoms with E-state index in [9.17, 15) is 5.11 Å². The first kappa shape index (κ1) is 14.3. The number of nitrogens with one attached hydrogen (secondary N) is 1. The lowest BCUT2D eigenvalue weighted by molar-refractivity contribution is 0.140. The summed E-state index contributed by atoms with van der Waals surface area (Å²) in [5.41, 5.74) is 3.32. The molecule has 1 fully saturated rings. The molecule has 2 aromatic rings. The van der Waals surface area contributed by atoms with Crippen LogP contribution in [0.2, 0.25) is 0 Å². The smallest absolute Gasteiger partial charge is 0.0711 e. The zero-order valence-corrected chi connectivity index (χ0v) is 12.7. The number of aliphatic hydroxyl groups excluding tert-OH is 1. The summed E-state index contributed by atoms with van der Waals surface area (Å²) in [5, 5.41) is 21.8. The Morgan fingerprint density at radius 2 is 2.29 bits per heavy atom. The molecule has 1 aliphatic heterocycles. The molecule has 0 bridgehead atoms. The topological polar surface area (TPSA) is 70.0 Å². The lowest BCUT2D eigenvalue weighted by atomic mass is 10.0. The van der Waals surface area contributed by atoms with E-state index in [0.717, 1.165) is 44.0 Å². The molecule has 0 unspecified atom stereocenters. The highest BCUT2D eigenvalue weighted by molar-refractivity contribution is 5.09. The maximum Gasteiger partial charge on any atom is 0.0711 e. The van der Waals surface area contributed by atoms with Gasteiger partial charge in [-0.2, -0.15) is 10.2 Å². The van der Waals surface area contributed by atoms with Crippen LogP contribution in [-0.2, 0) is 19.5 Å². The van der Waals surface area contributed by atoms with Crippen LogP contribution >= 0.6 is 0 Å². The summed E-state index contributed by atoms with van der Waals surface area (Å²) in [6, 6.07) is 2.06. The number of hydrogen-bond acceptors (Lipinski definition) is 4. The molecule has 2 aromatic heterocycles. The molecule has 1 saturated heterocycles. The summed E-state index contributed by atoms with van der Waals surface area (Å²) < 4.78 is 1.94. The van der Waals surface area contributed by atoms with Gasteiger partial charge in [-0.25, -0.2) is 0 Å². The Kier molecular flexibility index (Phi) is 4.07. The molecule has 0 radical (unpaired) electrons. The van der Waals surface area contributed by atoms with Crippen molar-refractivity contribution in [2.75, 3.05) is 13.1 Å². The van der Waals surface area contributed by atoms with E-state index in [-0.39, 0.29) is 12.0 Å². The molecule has 21 heavy (non-hydrogen) atoms. The van der Waals surface area contributed by atoms with Gasteiger partial charge in [-0.05, 0) is 26.3 Å². The summed E-state index contributed by atoms with van der Waals surface area (Å²) >= 11 is 0. The van der Waals surface area contributed by atoms with Crippen LogP contribution in [0.15, 0.2) is 18.5 Å². The number of aryl methyl sites for hydroxylation is 2. The first-order valence-corrected chi connectivity index (χ1v) is 7.56. The average Bonchev–Trinajstić information content (AvgIpc) is 3.14. The minimum Gasteiger partial charge on any atom is -0.391 e. The zero-order chi connectivity index (χ0) is 14.8. The van der Waals surface area contributed by atoms with Crippen molar-refractivity contribution >= 4 is 0 Å². The quantitative estimate of drug-likeness (QED) is 0.860. The highest BCUT2D eigenvalue weighted by atomic mass is 16.3. The van der Waals surface area contributed by atoms with Gasteiger partial charge >= 0.3 is 0 Å². The van der Waals surface area contributed by atoms with Gasteiger partial charge in [-0.1, -0.05) is 0 Å². The fraction of sp³-hybridized carbons (Fsp3) is 0.600. The van der Waals surface area contributed by atoms with Gasteiger partial charge in [0.05, 0.1) is 18.0 Å². The summed E-state index contributed by atoms with van der Waals surface area (Å²) in [5.74, 6) is 0.258. The van der Waals surface area contributed by atoms with Crippen LogP contribution in [0, 0.1) is 12.8 Å². The van der Waals surface area contributed by atoms with Crippen molar-refractivity contribution in [2.24, 2.45) is 5.92 Å². The number of likely N-dealkylation sites (tertiary alicyclic amines) is 1.